The topological polar surface area (TPSA) is 20.3 Å². The lowest BCUT2D eigenvalue weighted by atomic mass is 10.0. The minimum atomic E-state index is -0.534. The molecule has 0 spiro atoms. The minimum Gasteiger partial charge on any atom is -0.339 e. The van der Waals surface area contributed by atoms with Crippen LogP contribution in [0.1, 0.15) is 37.6 Å². The Labute approximate surface area is 113 Å². The highest BCUT2D eigenvalue weighted by atomic mass is 35.5. The number of carbonyl (C=O) groups is 1. The molecule has 1 atom stereocenters. The zero-order chi connectivity index (χ0) is 13.9. The summed E-state index contributed by atoms with van der Waals surface area (Å²) in [6, 6.07) is 4.09. The summed E-state index contributed by atoms with van der Waals surface area (Å²) in [6.07, 6.45) is 0.879. The van der Waals surface area contributed by atoms with Crippen molar-refractivity contribution in [3.8, 4) is 0 Å². The highest BCUT2D eigenvalue weighted by Gasteiger charge is 2.21. The summed E-state index contributed by atoms with van der Waals surface area (Å²) in [6.45, 7) is 6.14. The van der Waals surface area contributed by atoms with E-state index in [1.165, 1.54) is 18.2 Å². The monoisotopic (exact) mass is 271 g/mol. The van der Waals surface area contributed by atoms with Gasteiger partial charge in [0.15, 0.2) is 0 Å². The third-order valence-corrected chi connectivity index (χ3v) is 3.19. The lowest BCUT2D eigenvalue weighted by Gasteiger charge is -2.26. The molecule has 0 saturated heterocycles. The summed E-state index contributed by atoms with van der Waals surface area (Å²) in [4.78, 5) is 13.7. The average molecular weight is 272 g/mol. The van der Waals surface area contributed by atoms with Gasteiger partial charge in [0.05, 0.1) is 5.56 Å². The van der Waals surface area contributed by atoms with Gasteiger partial charge in [-0.25, -0.2) is 4.39 Å². The predicted octanol–water partition coefficient (Wildman–Crippen LogP) is 3.99. The maximum Gasteiger partial charge on any atom is 0.256 e. The number of carbonyl (C=O) groups excluding carboxylic acids is 1. The third-order valence-electron chi connectivity index (χ3n) is 2.95. The van der Waals surface area contributed by atoms with Crippen LogP contribution in [0.25, 0.3) is 0 Å². The number of hydrogen-bond donors (Lipinski definition) is 0. The van der Waals surface area contributed by atoms with E-state index in [9.17, 15) is 9.18 Å². The summed E-state index contributed by atoms with van der Waals surface area (Å²) >= 11 is 5.79. The van der Waals surface area contributed by atoms with Crippen molar-refractivity contribution in [2.75, 3.05) is 7.05 Å². The smallest absolute Gasteiger partial charge is 0.256 e. The Morgan fingerprint density at radius 3 is 2.56 bits per heavy atom. The minimum absolute atomic E-state index is 0.0283. The molecule has 0 aliphatic carbocycles. The van der Waals surface area contributed by atoms with Crippen molar-refractivity contribution in [3.05, 3.63) is 34.6 Å². The predicted molar refractivity (Wildman–Crippen MR) is 72.4 cm³/mol. The van der Waals surface area contributed by atoms with Gasteiger partial charge in [0.25, 0.3) is 5.91 Å². The molecule has 4 heteroatoms. The molecular weight excluding hydrogens is 253 g/mol. The van der Waals surface area contributed by atoms with Gasteiger partial charge in [0, 0.05) is 18.1 Å². The second-order valence-electron chi connectivity index (χ2n) is 5.02. The van der Waals surface area contributed by atoms with Crippen LogP contribution in [0.2, 0.25) is 5.02 Å². The third kappa shape index (κ3) is 3.70. The summed E-state index contributed by atoms with van der Waals surface area (Å²) in [5.74, 6) is -0.379. The van der Waals surface area contributed by atoms with Gasteiger partial charge in [0.2, 0.25) is 0 Å². The highest BCUT2D eigenvalue weighted by molar-refractivity contribution is 6.30. The molecule has 0 aliphatic rings. The van der Waals surface area contributed by atoms with Gasteiger partial charge in [-0.05, 0) is 37.5 Å². The normalized spacial score (nSPS) is 12.6. The molecule has 0 aliphatic heterocycles. The molecule has 0 bridgehead atoms. The summed E-state index contributed by atoms with van der Waals surface area (Å²) in [5, 5.41) is 0.365. The van der Waals surface area contributed by atoms with Crippen molar-refractivity contribution >= 4 is 17.5 Å². The Kier molecular flexibility index (Phi) is 5.15. The fourth-order valence-corrected chi connectivity index (χ4v) is 2.06. The second-order valence-corrected chi connectivity index (χ2v) is 5.46. The molecule has 1 unspecified atom stereocenters. The highest BCUT2D eigenvalue weighted by Crippen LogP contribution is 2.18. The lowest BCUT2D eigenvalue weighted by Crippen LogP contribution is -2.36. The first kappa shape index (κ1) is 15.0. The lowest BCUT2D eigenvalue weighted by molar-refractivity contribution is 0.0723. The van der Waals surface area contributed by atoms with Crippen LogP contribution in [0.15, 0.2) is 18.2 Å². The van der Waals surface area contributed by atoms with Gasteiger partial charge in [-0.3, -0.25) is 4.79 Å². The van der Waals surface area contributed by atoms with E-state index in [1.807, 2.05) is 6.92 Å². The van der Waals surface area contributed by atoms with Crippen LogP contribution in [-0.2, 0) is 0 Å². The molecule has 1 aromatic rings. The molecule has 0 N–H and O–H groups in total. The molecule has 1 rings (SSSR count). The summed E-state index contributed by atoms with van der Waals surface area (Å²) in [7, 11) is 1.69. The molecule has 100 valence electrons. The number of amides is 1. The van der Waals surface area contributed by atoms with E-state index >= 15 is 0 Å². The standard InChI is InChI=1S/C14H19ClFNO/c1-9(2)7-10(3)17(4)14(18)12-8-11(15)5-6-13(12)16/h5-6,8-10H,7H2,1-4H3. The van der Waals surface area contributed by atoms with Crippen LogP contribution >= 0.6 is 11.6 Å². The van der Waals surface area contributed by atoms with Gasteiger partial charge in [-0.15, -0.1) is 0 Å². The van der Waals surface area contributed by atoms with E-state index in [2.05, 4.69) is 13.8 Å². The number of rotatable bonds is 4. The summed E-state index contributed by atoms with van der Waals surface area (Å²) < 4.78 is 13.6. The van der Waals surface area contributed by atoms with Gasteiger partial charge < -0.3 is 4.90 Å². The molecular formula is C14H19ClFNO. The second kappa shape index (κ2) is 6.19. The SMILES string of the molecule is CC(C)CC(C)N(C)C(=O)c1cc(Cl)ccc1F. The maximum atomic E-state index is 13.6. The van der Waals surface area contributed by atoms with Crippen LogP contribution in [0.5, 0.6) is 0 Å². The first-order chi connectivity index (χ1) is 8.32. The van der Waals surface area contributed by atoms with E-state index < -0.39 is 5.82 Å². The van der Waals surface area contributed by atoms with Crippen LogP contribution in [0.4, 0.5) is 4.39 Å². The van der Waals surface area contributed by atoms with Crippen molar-refractivity contribution in [3.63, 3.8) is 0 Å². The molecule has 0 fully saturated rings. The Balaban J connectivity index is 2.89. The van der Waals surface area contributed by atoms with Crippen LogP contribution in [-0.4, -0.2) is 23.9 Å². The largest absolute Gasteiger partial charge is 0.339 e. The number of benzene rings is 1. The molecule has 1 aromatic carbocycles. The van der Waals surface area contributed by atoms with E-state index in [1.54, 1.807) is 11.9 Å². The Bertz CT molecular complexity index is 434. The quantitative estimate of drug-likeness (QED) is 0.811. The molecule has 0 saturated carbocycles. The maximum absolute atomic E-state index is 13.6. The van der Waals surface area contributed by atoms with Crippen LogP contribution in [0.3, 0.4) is 0 Å². The molecule has 1 amide bonds. The van der Waals surface area contributed by atoms with Gasteiger partial charge in [-0.2, -0.15) is 0 Å². The average Bonchev–Trinajstić information content (AvgIpc) is 2.29. The van der Waals surface area contributed by atoms with E-state index in [0.29, 0.717) is 10.9 Å². The number of hydrogen-bond acceptors (Lipinski definition) is 1. The molecule has 0 radical (unpaired) electrons. The number of halogens is 2. The van der Waals surface area contributed by atoms with E-state index in [4.69, 9.17) is 11.6 Å². The van der Waals surface area contributed by atoms with Crippen molar-refractivity contribution in [1.82, 2.24) is 4.90 Å². The molecule has 0 heterocycles. The zero-order valence-electron chi connectivity index (χ0n) is 11.2. The van der Waals surface area contributed by atoms with Gasteiger partial charge in [-0.1, -0.05) is 25.4 Å². The zero-order valence-corrected chi connectivity index (χ0v) is 12.0. The molecule has 18 heavy (non-hydrogen) atoms. The Morgan fingerprint density at radius 1 is 1.39 bits per heavy atom. The Morgan fingerprint density at radius 2 is 2.00 bits per heavy atom. The summed E-state index contributed by atoms with van der Waals surface area (Å²) in [5.41, 5.74) is 0.0283. The van der Waals surface area contributed by atoms with Crippen LogP contribution in [0, 0.1) is 11.7 Å². The van der Waals surface area contributed by atoms with Crippen molar-refractivity contribution < 1.29 is 9.18 Å². The van der Waals surface area contributed by atoms with Gasteiger partial charge in [0.1, 0.15) is 5.82 Å². The van der Waals surface area contributed by atoms with Crippen LogP contribution < -0.4 is 0 Å². The fourth-order valence-electron chi connectivity index (χ4n) is 1.89. The molecule has 0 aromatic heterocycles. The van der Waals surface area contributed by atoms with E-state index in [-0.39, 0.29) is 17.5 Å². The van der Waals surface area contributed by atoms with Crippen molar-refractivity contribution in [2.24, 2.45) is 5.92 Å². The first-order valence-corrected chi connectivity index (χ1v) is 6.43. The Hall–Kier alpha value is -1.09. The fraction of sp³-hybridized carbons (Fsp3) is 0.500. The molecule has 2 nitrogen and oxygen atoms in total. The van der Waals surface area contributed by atoms with Crippen molar-refractivity contribution in [1.29, 1.82) is 0 Å². The first-order valence-electron chi connectivity index (χ1n) is 6.05. The van der Waals surface area contributed by atoms with Crippen molar-refractivity contribution in [2.45, 2.75) is 33.2 Å². The number of nitrogens with zero attached hydrogens (tertiary/aromatic N) is 1. The van der Waals surface area contributed by atoms with E-state index in [0.717, 1.165) is 6.42 Å². The van der Waals surface area contributed by atoms with Gasteiger partial charge >= 0.3 is 0 Å².